The fraction of sp³-hybridized carbons (Fsp3) is 0.522. The first-order valence-electron chi connectivity index (χ1n) is 11.0. The number of carbonyl (C=O) groups excluding carboxylic acids is 4. The maximum atomic E-state index is 13.0. The SMILES string of the molecule is CC(C)(C)C1CC(Oc2ccc3c(c2)C(=O)N(C2CCC(=O)NC2=O)C3=O)CCN1C(=O)O. The highest BCUT2D eigenvalue weighted by Crippen LogP contribution is 2.35. The van der Waals surface area contributed by atoms with E-state index in [2.05, 4.69) is 5.32 Å². The van der Waals surface area contributed by atoms with Gasteiger partial charge in [0.1, 0.15) is 17.9 Å². The van der Waals surface area contributed by atoms with Crippen LogP contribution in [0.25, 0.3) is 0 Å². The van der Waals surface area contributed by atoms with Gasteiger partial charge in [-0.1, -0.05) is 20.8 Å². The Kier molecular flexibility index (Phi) is 5.63. The zero-order valence-electron chi connectivity index (χ0n) is 18.8. The van der Waals surface area contributed by atoms with Crippen molar-refractivity contribution in [1.82, 2.24) is 15.1 Å². The molecule has 0 saturated carbocycles. The second-order valence-corrected chi connectivity index (χ2v) is 9.78. The van der Waals surface area contributed by atoms with Crippen molar-refractivity contribution >= 4 is 29.7 Å². The smallest absolute Gasteiger partial charge is 0.407 e. The van der Waals surface area contributed by atoms with E-state index in [0.717, 1.165) is 4.90 Å². The van der Waals surface area contributed by atoms with Crippen molar-refractivity contribution in [2.45, 2.75) is 64.6 Å². The molecule has 176 valence electrons. The van der Waals surface area contributed by atoms with Gasteiger partial charge >= 0.3 is 6.09 Å². The fourth-order valence-corrected chi connectivity index (χ4v) is 4.81. The molecule has 4 rings (SSSR count). The van der Waals surface area contributed by atoms with E-state index in [-0.39, 0.29) is 41.5 Å². The minimum absolute atomic E-state index is 0.0577. The number of carboxylic acid groups (broad SMARTS) is 1. The number of hydrogen-bond donors (Lipinski definition) is 2. The van der Waals surface area contributed by atoms with Crippen LogP contribution >= 0.6 is 0 Å². The Bertz CT molecular complexity index is 1040. The van der Waals surface area contributed by atoms with Crippen LogP contribution in [0.5, 0.6) is 5.75 Å². The first-order valence-corrected chi connectivity index (χ1v) is 11.0. The van der Waals surface area contributed by atoms with Crippen LogP contribution in [0.4, 0.5) is 4.79 Å². The molecule has 0 bridgehead atoms. The van der Waals surface area contributed by atoms with Gasteiger partial charge in [0, 0.05) is 31.8 Å². The number of likely N-dealkylation sites (tertiary alicyclic amines) is 1. The first-order chi connectivity index (χ1) is 15.5. The lowest BCUT2D eigenvalue weighted by molar-refractivity contribution is -0.136. The Morgan fingerprint density at radius 1 is 1.09 bits per heavy atom. The van der Waals surface area contributed by atoms with E-state index in [1.54, 1.807) is 6.07 Å². The van der Waals surface area contributed by atoms with Crippen LogP contribution < -0.4 is 10.1 Å². The largest absolute Gasteiger partial charge is 0.490 e. The Morgan fingerprint density at radius 3 is 2.42 bits per heavy atom. The lowest BCUT2D eigenvalue weighted by Gasteiger charge is -2.44. The van der Waals surface area contributed by atoms with Crippen molar-refractivity contribution in [2.24, 2.45) is 5.41 Å². The van der Waals surface area contributed by atoms with Crippen molar-refractivity contribution in [3.05, 3.63) is 29.3 Å². The molecule has 3 aliphatic rings. The molecular weight excluding hydrogens is 430 g/mol. The summed E-state index contributed by atoms with van der Waals surface area (Å²) in [6, 6.07) is 3.36. The molecule has 10 heteroatoms. The van der Waals surface area contributed by atoms with E-state index in [0.29, 0.717) is 25.1 Å². The lowest BCUT2D eigenvalue weighted by Crippen LogP contribution is -2.54. The Hall–Kier alpha value is -3.43. The van der Waals surface area contributed by atoms with Crippen molar-refractivity contribution in [2.75, 3.05) is 6.54 Å². The van der Waals surface area contributed by atoms with Crippen molar-refractivity contribution in [3.8, 4) is 5.75 Å². The van der Waals surface area contributed by atoms with Crippen LogP contribution in [-0.2, 0) is 9.59 Å². The number of fused-ring (bicyclic) bond motifs is 1. The zero-order valence-corrected chi connectivity index (χ0v) is 18.8. The van der Waals surface area contributed by atoms with E-state index in [4.69, 9.17) is 4.74 Å². The minimum Gasteiger partial charge on any atom is -0.490 e. The predicted octanol–water partition coefficient (Wildman–Crippen LogP) is 2.02. The number of piperidine rings is 2. The van der Waals surface area contributed by atoms with E-state index in [9.17, 15) is 29.1 Å². The van der Waals surface area contributed by atoms with Gasteiger partial charge in [-0.3, -0.25) is 29.4 Å². The molecule has 1 aromatic rings. The van der Waals surface area contributed by atoms with E-state index >= 15 is 0 Å². The van der Waals surface area contributed by atoms with Crippen LogP contribution in [0.2, 0.25) is 0 Å². The second kappa shape index (κ2) is 8.17. The summed E-state index contributed by atoms with van der Waals surface area (Å²) in [7, 11) is 0. The molecule has 0 aliphatic carbocycles. The number of benzene rings is 1. The topological polar surface area (TPSA) is 133 Å². The highest BCUT2D eigenvalue weighted by Gasteiger charge is 2.45. The van der Waals surface area contributed by atoms with E-state index in [1.165, 1.54) is 17.0 Å². The summed E-state index contributed by atoms with van der Waals surface area (Å²) in [4.78, 5) is 63.4. The van der Waals surface area contributed by atoms with Crippen molar-refractivity contribution in [3.63, 3.8) is 0 Å². The van der Waals surface area contributed by atoms with Gasteiger partial charge < -0.3 is 14.7 Å². The van der Waals surface area contributed by atoms with Crippen LogP contribution in [-0.4, -0.2) is 69.4 Å². The molecule has 10 nitrogen and oxygen atoms in total. The minimum atomic E-state index is -1.02. The number of ether oxygens (including phenoxy) is 1. The predicted molar refractivity (Wildman–Crippen MR) is 115 cm³/mol. The Labute approximate surface area is 190 Å². The molecule has 3 unspecified atom stereocenters. The molecule has 3 heterocycles. The normalized spacial score (nSPS) is 25.7. The number of hydrogen-bond acceptors (Lipinski definition) is 6. The van der Waals surface area contributed by atoms with Crippen LogP contribution in [0.15, 0.2) is 18.2 Å². The van der Waals surface area contributed by atoms with E-state index in [1.807, 2.05) is 20.8 Å². The molecule has 5 amide bonds. The molecule has 2 fully saturated rings. The number of rotatable bonds is 3. The summed E-state index contributed by atoms with van der Waals surface area (Å²) in [5.74, 6) is -1.84. The molecule has 1 aromatic carbocycles. The summed E-state index contributed by atoms with van der Waals surface area (Å²) in [6.45, 7) is 6.30. The zero-order chi connectivity index (χ0) is 24.1. The monoisotopic (exact) mass is 457 g/mol. The van der Waals surface area contributed by atoms with Crippen LogP contribution in [0, 0.1) is 5.41 Å². The first kappa shape index (κ1) is 22.8. The number of nitrogens with one attached hydrogen (secondary N) is 1. The molecule has 3 atom stereocenters. The molecule has 0 aromatic heterocycles. The van der Waals surface area contributed by atoms with Crippen molar-refractivity contribution < 1.29 is 33.8 Å². The summed E-state index contributed by atoms with van der Waals surface area (Å²) >= 11 is 0. The van der Waals surface area contributed by atoms with Gasteiger partial charge in [0.25, 0.3) is 11.8 Å². The summed E-state index contributed by atoms with van der Waals surface area (Å²) in [5, 5.41) is 11.7. The molecule has 0 spiro atoms. The number of nitrogens with zero attached hydrogens (tertiary/aromatic N) is 2. The lowest BCUT2D eigenvalue weighted by atomic mass is 9.80. The average Bonchev–Trinajstić information content (AvgIpc) is 2.97. The van der Waals surface area contributed by atoms with Crippen LogP contribution in [0.1, 0.15) is 67.2 Å². The Balaban J connectivity index is 1.51. The summed E-state index contributed by atoms with van der Waals surface area (Å²) in [6.07, 6.45) is -0.0457. The summed E-state index contributed by atoms with van der Waals surface area (Å²) < 4.78 is 6.11. The van der Waals surface area contributed by atoms with Gasteiger partial charge in [-0.05, 0) is 30.0 Å². The number of carbonyl (C=O) groups is 5. The molecule has 0 radical (unpaired) electrons. The quantitative estimate of drug-likeness (QED) is 0.664. The highest BCUT2D eigenvalue weighted by atomic mass is 16.5. The van der Waals surface area contributed by atoms with Gasteiger partial charge in [-0.2, -0.15) is 0 Å². The third kappa shape index (κ3) is 4.17. The van der Waals surface area contributed by atoms with Crippen molar-refractivity contribution in [1.29, 1.82) is 0 Å². The third-order valence-electron chi connectivity index (χ3n) is 6.51. The van der Waals surface area contributed by atoms with Gasteiger partial charge in [-0.15, -0.1) is 0 Å². The maximum absolute atomic E-state index is 13.0. The van der Waals surface area contributed by atoms with Gasteiger partial charge in [-0.25, -0.2) is 4.79 Å². The molecule has 2 N–H and O–H groups in total. The molecule has 33 heavy (non-hydrogen) atoms. The number of imide groups is 2. The fourth-order valence-electron chi connectivity index (χ4n) is 4.81. The third-order valence-corrected chi connectivity index (χ3v) is 6.51. The van der Waals surface area contributed by atoms with E-state index < -0.39 is 35.8 Å². The van der Waals surface area contributed by atoms with Gasteiger partial charge in [0.15, 0.2) is 0 Å². The molecular formula is C23H27N3O7. The second-order valence-electron chi connectivity index (χ2n) is 9.78. The summed E-state index contributed by atoms with van der Waals surface area (Å²) in [5.41, 5.74) is 0.0614. The average molecular weight is 457 g/mol. The standard InChI is InChI=1S/C23H27N3O7/c1-23(2,3)17-11-13(8-9-25(17)22(31)32)33-12-4-5-14-15(10-12)21(30)26(20(14)29)16-6-7-18(27)24-19(16)28/h4-5,10,13,16-17H,6-9,11H2,1-3H3,(H,31,32)(H,24,27,28). The molecule has 3 aliphatic heterocycles. The van der Waals surface area contributed by atoms with Crippen LogP contribution in [0.3, 0.4) is 0 Å². The van der Waals surface area contributed by atoms with Gasteiger partial charge in [0.2, 0.25) is 11.8 Å². The maximum Gasteiger partial charge on any atom is 0.407 e. The highest BCUT2D eigenvalue weighted by molar-refractivity contribution is 6.23. The van der Waals surface area contributed by atoms with Gasteiger partial charge in [0.05, 0.1) is 11.1 Å². The Morgan fingerprint density at radius 2 is 1.79 bits per heavy atom. The number of amides is 5. The molecule has 2 saturated heterocycles.